The molecule has 1 heterocycles. The molecule has 0 aliphatic heterocycles. The summed E-state index contributed by atoms with van der Waals surface area (Å²) in [4.78, 5) is 12.4. The lowest BCUT2D eigenvalue weighted by Gasteiger charge is -2.12. The average molecular weight is 446 g/mol. The minimum atomic E-state index is -3.49. The van der Waals surface area contributed by atoms with Gasteiger partial charge in [0.05, 0.1) is 10.6 Å². The van der Waals surface area contributed by atoms with E-state index in [9.17, 15) is 13.2 Å². The number of thioether (sulfide) groups is 1. The number of rotatable bonds is 8. The molecule has 10 heteroatoms. The Morgan fingerprint density at radius 1 is 1.07 bits per heavy atom. The van der Waals surface area contributed by atoms with E-state index in [1.807, 2.05) is 41.8 Å². The summed E-state index contributed by atoms with van der Waals surface area (Å²) in [7, 11) is -0.500. The van der Waals surface area contributed by atoms with Crippen molar-refractivity contribution >= 4 is 33.4 Å². The van der Waals surface area contributed by atoms with Gasteiger partial charge in [-0.15, -0.1) is 10.2 Å². The molecule has 0 saturated heterocycles. The molecule has 2 aromatic carbocycles. The Bertz CT molecular complexity index is 1110. The van der Waals surface area contributed by atoms with Crippen LogP contribution in [0.3, 0.4) is 0 Å². The van der Waals surface area contributed by atoms with E-state index in [4.69, 9.17) is 0 Å². The van der Waals surface area contributed by atoms with E-state index in [1.54, 1.807) is 24.3 Å². The number of hydrogen-bond donors (Lipinski definition) is 1. The lowest BCUT2D eigenvalue weighted by molar-refractivity contribution is -0.113. The van der Waals surface area contributed by atoms with Crippen molar-refractivity contribution < 1.29 is 13.2 Å². The fraction of sp³-hybridized carbons (Fsp3) is 0.250. The van der Waals surface area contributed by atoms with Gasteiger partial charge in [-0.05, 0) is 43.3 Å². The van der Waals surface area contributed by atoms with Gasteiger partial charge in [0.25, 0.3) is 0 Å². The summed E-state index contributed by atoms with van der Waals surface area (Å²) >= 11 is 1.30. The fourth-order valence-corrected chi connectivity index (χ4v) is 4.43. The van der Waals surface area contributed by atoms with E-state index in [0.717, 1.165) is 11.3 Å². The van der Waals surface area contributed by atoms with Gasteiger partial charge >= 0.3 is 0 Å². The molecule has 3 aromatic rings. The topological polar surface area (TPSA) is 97.2 Å². The molecule has 0 aliphatic carbocycles. The summed E-state index contributed by atoms with van der Waals surface area (Å²) in [6.45, 7) is 2.58. The number of aromatic nitrogens is 3. The predicted molar refractivity (Wildman–Crippen MR) is 118 cm³/mol. The van der Waals surface area contributed by atoms with Crippen molar-refractivity contribution in [1.82, 2.24) is 19.1 Å². The van der Waals surface area contributed by atoms with Crippen LogP contribution in [-0.2, 0) is 21.4 Å². The van der Waals surface area contributed by atoms with Crippen molar-refractivity contribution in [2.75, 3.05) is 25.2 Å². The Hall–Kier alpha value is -2.69. The van der Waals surface area contributed by atoms with E-state index < -0.39 is 10.0 Å². The highest BCUT2D eigenvalue weighted by Crippen LogP contribution is 2.25. The van der Waals surface area contributed by atoms with Crippen LogP contribution in [0.5, 0.6) is 0 Å². The van der Waals surface area contributed by atoms with Gasteiger partial charge in [0, 0.05) is 31.9 Å². The Balaban J connectivity index is 1.73. The van der Waals surface area contributed by atoms with Crippen LogP contribution in [0.15, 0.2) is 64.6 Å². The Labute approximate surface area is 180 Å². The molecule has 0 atom stereocenters. The third-order valence-corrected chi connectivity index (χ3v) is 7.11. The fourth-order valence-electron chi connectivity index (χ4n) is 2.73. The maximum Gasteiger partial charge on any atom is 0.242 e. The lowest BCUT2D eigenvalue weighted by atomic mass is 10.2. The second-order valence-corrected chi connectivity index (χ2v) is 9.66. The molecule has 0 unspecified atom stereocenters. The van der Waals surface area contributed by atoms with Crippen molar-refractivity contribution in [3.63, 3.8) is 0 Å². The number of sulfonamides is 1. The molecule has 0 spiro atoms. The second-order valence-electron chi connectivity index (χ2n) is 6.57. The van der Waals surface area contributed by atoms with Gasteiger partial charge in [-0.2, -0.15) is 0 Å². The summed E-state index contributed by atoms with van der Waals surface area (Å²) in [5, 5.41) is 11.9. The molecule has 0 radical (unpaired) electrons. The molecule has 30 heavy (non-hydrogen) atoms. The van der Waals surface area contributed by atoms with Crippen LogP contribution in [0.4, 0.5) is 5.69 Å². The van der Waals surface area contributed by atoms with Crippen LogP contribution >= 0.6 is 11.8 Å². The van der Waals surface area contributed by atoms with Gasteiger partial charge in [-0.1, -0.05) is 30.0 Å². The number of nitrogens with one attached hydrogen (secondary N) is 1. The maximum atomic E-state index is 12.2. The van der Waals surface area contributed by atoms with Crippen LogP contribution in [-0.4, -0.2) is 53.2 Å². The van der Waals surface area contributed by atoms with Gasteiger partial charge < -0.3 is 9.88 Å². The Morgan fingerprint density at radius 2 is 1.73 bits per heavy atom. The van der Waals surface area contributed by atoms with E-state index in [1.165, 1.54) is 30.2 Å². The summed E-state index contributed by atoms with van der Waals surface area (Å²) < 4.78 is 27.5. The summed E-state index contributed by atoms with van der Waals surface area (Å²) in [6, 6.07) is 15.8. The first-order valence-corrected chi connectivity index (χ1v) is 11.7. The normalized spacial score (nSPS) is 11.6. The summed E-state index contributed by atoms with van der Waals surface area (Å²) in [6.07, 6.45) is 0. The van der Waals surface area contributed by atoms with Gasteiger partial charge in [-0.3, -0.25) is 4.79 Å². The van der Waals surface area contributed by atoms with E-state index >= 15 is 0 Å². The largest absolute Gasteiger partial charge is 0.325 e. The number of nitrogens with zero attached hydrogens (tertiary/aromatic N) is 4. The minimum Gasteiger partial charge on any atom is -0.325 e. The lowest BCUT2D eigenvalue weighted by Crippen LogP contribution is -2.22. The number of carbonyl (C=O) groups excluding carboxylic acids is 1. The SMILES string of the molecule is CCn1c(SCC(=O)Nc2ccccc2)nnc1-c1ccc(S(=O)(=O)N(C)C)cc1. The molecule has 158 valence electrons. The predicted octanol–water partition coefficient (Wildman–Crippen LogP) is 2.95. The molecule has 0 saturated carbocycles. The number of amides is 1. The third kappa shape index (κ3) is 4.89. The van der Waals surface area contributed by atoms with Crippen LogP contribution in [0, 0.1) is 0 Å². The Kier molecular flexibility index (Phi) is 6.91. The molecule has 8 nitrogen and oxygen atoms in total. The minimum absolute atomic E-state index is 0.128. The van der Waals surface area contributed by atoms with Crippen LogP contribution in [0.25, 0.3) is 11.4 Å². The van der Waals surface area contributed by atoms with Crippen molar-refractivity contribution in [3.05, 3.63) is 54.6 Å². The molecular formula is C20H23N5O3S2. The van der Waals surface area contributed by atoms with Gasteiger partial charge in [0.1, 0.15) is 0 Å². The van der Waals surface area contributed by atoms with Crippen LogP contribution in [0.1, 0.15) is 6.92 Å². The molecule has 0 bridgehead atoms. The van der Waals surface area contributed by atoms with E-state index in [2.05, 4.69) is 15.5 Å². The van der Waals surface area contributed by atoms with Crippen molar-refractivity contribution in [1.29, 1.82) is 0 Å². The number of benzene rings is 2. The molecule has 1 aromatic heterocycles. The monoisotopic (exact) mass is 445 g/mol. The number of anilines is 1. The quantitative estimate of drug-likeness (QED) is 0.536. The standard InChI is InChI=1S/C20H23N5O3S2/c1-4-25-19(15-10-12-17(13-11-15)30(27,28)24(2)3)22-23-20(25)29-14-18(26)21-16-8-6-5-7-9-16/h5-13H,4,14H2,1-3H3,(H,21,26). The first kappa shape index (κ1) is 22.0. The molecular weight excluding hydrogens is 422 g/mol. The zero-order valence-corrected chi connectivity index (χ0v) is 18.6. The van der Waals surface area contributed by atoms with Crippen molar-refractivity contribution in [2.24, 2.45) is 0 Å². The summed E-state index contributed by atoms with van der Waals surface area (Å²) in [5.41, 5.74) is 1.50. The van der Waals surface area contributed by atoms with Gasteiger partial charge in [0.2, 0.25) is 15.9 Å². The zero-order valence-electron chi connectivity index (χ0n) is 16.9. The highest BCUT2D eigenvalue weighted by Gasteiger charge is 2.19. The smallest absolute Gasteiger partial charge is 0.242 e. The number of carbonyl (C=O) groups is 1. The highest BCUT2D eigenvalue weighted by molar-refractivity contribution is 7.99. The zero-order chi connectivity index (χ0) is 21.7. The van der Waals surface area contributed by atoms with Crippen molar-refractivity contribution in [3.8, 4) is 11.4 Å². The first-order chi connectivity index (χ1) is 14.3. The molecule has 1 amide bonds. The maximum absolute atomic E-state index is 12.2. The molecule has 1 N–H and O–H groups in total. The van der Waals surface area contributed by atoms with Gasteiger partial charge in [-0.25, -0.2) is 12.7 Å². The van der Waals surface area contributed by atoms with Crippen LogP contribution < -0.4 is 5.32 Å². The number of hydrogen-bond acceptors (Lipinski definition) is 6. The highest BCUT2D eigenvalue weighted by atomic mass is 32.2. The third-order valence-electron chi connectivity index (χ3n) is 4.31. The van der Waals surface area contributed by atoms with E-state index in [-0.39, 0.29) is 16.6 Å². The second kappa shape index (κ2) is 9.41. The van der Waals surface area contributed by atoms with Crippen LogP contribution in [0.2, 0.25) is 0 Å². The van der Waals surface area contributed by atoms with E-state index in [0.29, 0.717) is 17.5 Å². The Morgan fingerprint density at radius 3 is 2.33 bits per heavy atom. The van der Waals surface area contributed by atoms with Gasteiger partial charge in [0.15, 0.2) is 11.0 Å². The van der Waals surface area contributed by atoms with Crippen molar-refractivity contribution in [2.45, 2.75) is 23.5 Å². The molecule has 0 aliphatic rings. The first-order valence-electron chi connectivity index (χ1n) is 9.26. The average Bonchev–Trinajstić information content (AvgIpc) is 3.16. The molecule has 0 fully saturated rings. The molecule has 3 rings (SSSR count). The summed E-state index contributed by atoms with van der Waals surface area (Å²) in [5.74, 6) is 0.696. The number of para-hydroxylation sites is 1.